The third kappa shape index (κ3) is 3.27. The second kappa shape index (κ2) is 6.38. The maximum atomic E-state index is 6.12. The molecule has 2 nitrogen and oxygen atoms in total. The summed E-state index contributed by atoms with van der Waals surface area (Å²) in [6, 6.07) is 12.7. The summed E-state index contributed by atoms with van der Waals surface area (Å²) < 4.78 is 0. The van der Waals surface area contributed by atoms with Gasteiger partial charge in [-0.25, -0.2) is 4.98 Å². The molecule has 1 aliphatic heterocycles. The van der Waals surface area contributed by atoms with E-state index in [9.17, 15) is 0 Å². The molecule has 0 spiro atoms. The van der Waals surface area contributed by atoms with Crippen molar-refractivity contribution < 1.29 is 0 Å². The van der Waals surface area contributed by atoms with Gasteiger partial charge in [0.1, 0.15) is 5.15 Å². The van der Waals surface area contributed by atoms with Crippen molar-refractivity contribution >= 4 is 24.0 Å². The van der Waals surface area contributed by atoms with E-state index >= 15 is 0 Å². The molecule has 0 atom stereocenters. The molecule has 0 aliphatic carbocycles. The molecular formula is C15H16Cl2N2. The van der Waals surface area contributed by atoms with Gasteiger partial charge in [-0.15, -0.1) is 12.4 Å². The van der Waals surface area contributed by atoms with Gasteiger partial charge in [-0.1, -0.05) is 41.9 Å². The van der Waals surface area contributed by atoms with Crippen molar-refractivity contribution in [1.29, 1.82) is 0 Å². The topological polar surface area (TPSA) is 16.1 Å². The van der Waals surface area contributed by atoms with Crippen LogP contribution in [0.5, 0.6) is 0 Å². The summed E-state index contributed by atoms with van der Waals surface area (Å²) in [7, 11) is 0. The van der Waals surface area contributed by atoms with Gasteiger partial charge in [0.15, 0.2) is 0 Å². The van der Waals surface area contributed by atoms with Gasteiger partial charge in [0.2, 0.25) is 0 Å². The lowest BCUT2D eigenvalue weighted by Gasteiger charge is -2.28. The van der Waals surface area contributed by atoms with Crippen molar-refractivity contribution in [2.75, 3.05) is 6.54 Å². The zero-order valence-corrected chi connectivity index (χ0v) is 12.1. The Kier molecular flexibility index (Phi) is 4.81. The number of fused-ring (bicyclic) bond motifs is 1. The molecule has 19 heavy (non-hydrogen) atoms. The molecule has 1 aromatic carbocycles. The first-order chi connectivity index (χ1) is 8.83. The van der Waals surface area contributed by atoms with Crippen LogP contribution in [0.4, 0.5) is 0 Å². The summed E-state index contributed by atoms with van der Waals surface area (Å²) in [5, 5.41) is 0.673. The highest BCUT2D eigenvalue weighted by atomic mass is 35.5. The van der Waals surface area contributed by atoms with E-state index in [0.717, 1.165) is 26.1 Å². The Balaban J connectivity index is 0.00000133. The quantitative estimate of drug-likeness (QED) is 0.785. The van der Waals surface area contributed by atoms with Gasteiger partial charge in [-0.05, 0) is 29.2 Å². The van der Waals surface area contributed by atoms with Gasteiger partial charge in [0, 0.05) is 25.8 Å². The van der Waals surface area contributed by atoms with E-state index in [4.69, 9.17) is 11.6 Å². The Morgan fingerprint density at radius 2 is 1.95 bits per heavy atom. The first-order valence-corrected chi connectivity index (χ1v) is 6.59. The minimum absolute atomic E-state index is 0. The second-order valence-corrected chi connectivity index (χ2v) is 5.04. The molecule has 2 heterocycles. The fourth-order valence-corrected chi connectivity index (χ4v) is 2.75. The Bertz CT molecular complexity index is 543. The summed E-state index contributed by atoms with van der Waals surface area (Å²) in [4.78, 5) is 6.60. The minimum Gasteiger partial charge on any atom is -0.294 e. The molecule has 0 saturated heterocycles. The maximum Gasteiger partial charge on any atom is 0.132 e. The van der Waals surface area contributed by atoms with Crippen molar-refractivity contribution in [3.05, 3.63) is 64.4 Å². The average molecular weight is 295 g/mol. The summed E-state index contributed by atoms with van der Waals surface area (Å²) in [6.07, 6.45) is 2.79. The Hall–Kier alpha value is -1.09. The monoisotopic (exact) mass is 294 g/mol. The SMILES string of the molecule is Cl.Clc1nccc2c1CCN(Cc1ccccc1)C2. The largest absolute Gasteiger partial charge is 0.294 e. The number of nitrogens with zero attached hydrogens (tertiary/aromatic N) is 2. The van der Waals surface area contributed by atoms with Gasteiger partial charge in [-0.2, -0.15) is 0 Å². The number of pyridine rings is 1. The van der Waals surface area contributed by atoms with Crippen molar-refractivity contribution in [3.8, 4) is 0 Å². The number of benzene rings is 1. The van der Waals surface area contributed by atoms with Crippen molar-refractivity contribution in [1.82, 2.24) is 9.88 Å². The summed E-state index contributed by atoms with van der Waals surface area (Å²) >= 11 is 6.12. The molecule has 4 heteroatoms. The lowest BCUT2D eigenvalue weighted by molar-refractivity contribution is 0.245. The van der Waals surface area contributed by atoms with Gasteiger partial charge in [-0.3, -0.25) is 4.90 Å². The summed E-state index contributed by atoms with van der Waals surface area (Å²) in [5.74, 6) is 0. The number of hydrogen-bond acceptors (Lipinski definition) is 2. The Morgan fingerprint density at radius 1 is 1.16 bits per heavy atom. The van der Waals surface area contributed by atoms with E-state index in [1.807, 2.05) is 0 Å². The lowest BCUT2D eigenvalue weighted by atomic mass is 10.0. The summed E-state index contributed by atoms with van der Waals surface area (Å²) in [6.45, 7) is 3.01. The molecule has 0 bridgehead atoms. The molecule has 0 unspecified atom stereocenters. The van der Waals surface area contributed by atoms with E-state index in [1.165, 1.54) is 16.7 Å². The average Bonchev–Trinajstić information content (AvgIpc) is 2.40. The molecule has 1 aromatic heterocycles. The maximum absolute atomic E-state index is 6.12. The normalized spacial score (nSPS) is 14.6. The van der Waals surface area contributed by atoms with Crippen molar-refractivity contribution in [2.24, 2.45) is 0 Å². The molecule has 100 valence electrons. The van der Waals surface area contributed by atoms with Gasteiger partial charge in [0.25, 0.3) is 0 Å². The molecule has 0 fully saturated rings. The third-order valence-electron chi connectivity index (χ3n) is 3.42. The smallest absolute Gasteiger partial charge is 0.132 e. The second-order valence-electron chi connectivity index (χ2n) is 4.69. The predicted molar refractivity (Wildman–Crippen MR) is 80.8 cm³/mol. The van der Waals surface area contributed by atoms with Crippen LogP contribution in [0.1, 0.15) is 16.7 Å². The zero-order valence-electron chi connectivity index (χ0n) is 10.6. The number of aromatic nitrogens is 1. The zero-order chi connectivity index (χ0) is 12.4. The van der Waals surface area contributed by atoms with E-state index in [2.05, 4.69) is 46.3 Å². The first-order valence-electron chi connectivity index (χ1n) is 6.21. The van der Waals surface area contributed by atoms with Crippen LogP contribution in [0, 0.1) is 0 Å². The standard InChI is InChI=1S/C15H15ClN2.ClH/c16-15-14-7-9-18(11-13(14)6-8-17-15)10-12-4-2-1-3-5-12;/h1-6,8H,7,9-11H2;1H. The molecule has 0 radical (unpaired) electrons. The van der Waals surface area contributed by atoms with Crippen molar-refractivity contribution in [3.63, 3.8) is 0 Å². The van der Waals surface area contributed by atoms with E-state index in [1.54, 1.807) is 6.20 Å². The minimum atomic E-state index is 0. The molecule has 0 amide bonds. The van der Waals surface area contributed by atoms with Crippen LogP contribution < -0.4 is 0 Å². The Labute approximate surface area is 124 Å². The van der Waals surface area contributed by atoms with Crippen LogP contribution in [0.15, 0.2) is 42.6 Å². The first kappa shape index (κ1) is 14.3. The number of halogens is 2. The van der Waals surface area contributed by atoms with Crippen LogP contribution in [-0.2, 0) is 19.5 Å². The van der Waals surface area contributed by atoms with E-state index < -0.39 is 0 Å². The van der Waals surface area contributed by atoms with E-state index in [0.29, 0.717) is 5.15 Å². The molecular weight excluding hydrogens is 279 g/mol. The van der Waals surface area contributed by atoms with E-state index in [-0.39, 0.29) is 12.4 Å². The highest BCUT2D eigenvalue weighted by Gasteiger charge is 2.18. The predicted octanol–water partition coefficient (Wildman–Crippen LogP) is 3.72. The van der Waals surface area contributed by atoms with Crippen LogP contribution in [0.25, 0.3) is 0 Å². The van der Waals surface area contributed by atoms with Gasteiger partial charge >= 0.3 is 0 Å². The van der Waals surface area contributed by atoms with Crippen LogP contribution in [0.2, 0.25) is 5.15 Å². The third-order valence-corrected chi connectivity index (χ3v) is 3.75. The molecule has 3 rings (SSSR count). The number of hydrogen-bond donors (Lipinski definition) is 0. The van der Waals surface area contributed by atoms with Crippen LogP contribution in [0.3, 0.4) is 0 Å². The highest BCUT2D eigenvalue weighted by molar-refractivity contribution is 6.30. The van der Waals surface area contributed by atoms with Gasteiger partial charge < -0.3 is 0 Å². The van der Waals surface area contributed by atoms with Crippen molar-refractivity contribution in [2.45, 2.75) is 19.5 Å². The van der Waals surface area contributed by atoms with Crippen LogP contribution >= 0.6 is 24.0 Å². The number of rotatable bonds is 2. The Morgan fingerprint density at radius 3 is 2.74 bits per heavy atom. The van der Waals surface area contributed by atoms with Gasteiger partial charge in [0.05, 0.1) is 0 Å². The molecule has 2 aromatic rings. The lowest BCUT2D eigenvalue weighted by Crippen LogP contribution is -2.30. The molecule has 0 saturated carbocycles. The fraction of sp³-hybridized carbons (Fsp3) is 0.267. The fourth-order valence-electron chi connectivity index (χ4n) is 2.48. The highest BCUT2D eigenvalue weighted by Crippen LogP contribution is 2.24. The van der Waals surface area contributed by atoms with Crippen LogP contribution in [-0.4, -0.2) is 16.4 Å². The molecule has 1 aliphatic rings. The molecule has 0 N–H and O–H groups in total. The summed E-state index contributed by atoms with van der Waals surface area (Å²) in [5.41, 5.74) is 3.90.